The SMILES string of the molecule is Cc1cc(-c2ccc(C3CCN(C)CC3)cc2)cc(C(=O)NC(c2cc3ccccc3[nH]2)c2cc(F)ccc2O)n1. The number of likely N-dealkylation sites (tertiary alicyclic amines) is 1. The Kier molecular flexibility index (Phi) is 7.28. The number of aryl methyl sites for hydroxylation is 1. The summed E-state index contributed by atoms with van der Waals surface area (Å²) in [6.07, 6.45) is 2.32. The third-order valence-corrected chi connectivity index (χ3v) is 8.06. The van der Waals surface area contributed by atoms with E-state index in [0.29, 0.717) is 17.3 Å². The van der Waals surface area contributed by atoms with Crippen LogP contribution >= 0.6 is 0 Å². The second-order valence-corrected chi connectivity index (χ2v) is 11.0. The summed E-state index contributed by atoms with van der Waals surface area (Å²) in [6, 6.07) is 24.9. The molecule has 1 atom stereocenters. The number of hydrogen-bond acceptors (Lipinski definition) is 4. The smallest absolute Gasteiger partial charge is 0.270 e. The lowest BCUT2D eigenvalue weighted by Crippen LogP contribution is -2.30. The highest BCUT2D eigenvalue weighted by atomic mass is 19.1. The van der Waals surface area contributed by atoms with Crippen molar-refractivity contribution < 1.29 is 14.3 Å². The molecule has 0 aliphatic carbocycles. The lowest BCUT2D eigenvalue weighted by atomic mass is 9.88. The Balaban J connectivity index is 1.30. The number of aromatic amines is 1. The summed E-state index contributed by atoms with van der Waals surface area (Å²) in [5, 5.41) is 14.6. The lowest BCUT2D eigenvalue weighted by molar-refractivity contribution is 0.0937. The molecule has 6 rings (SSSR count). The van der Waals surface area contributed by atoms with Crippen molar-refractivity contribution in [1.82, 2.24) is 20.2 Å². The first-order valence-corrected chi connectivity index (χ1v) is 14.0. The topological polar surface area (TPSA) is 81.2 Å². The molecule has 2 aromatic heterocycles. The molecule has 0 spiro atoms. The van der Waals surface area contributed by atoms with E-state index in [0.717, 1.165) is 48.0 Å². The van der Waals surface area contributed by atoms with Crippen LogP contribution in [0.15, 0.2) is 84.9 Å². The standard InChI is InChI=1S/C34H33FN4O2/c1-21-17-26(23-9-7-22(8-10-23)24-13-15-39(2)16-14-24)19-31(36-21)34(41)38-33(28-20-27(35)11-12-32(28)40)30-18-25-5-3-4-6-29(25)37-30/h3-12,17-20,24,33,37,40H,13-16H2,1-2H3,(H,38,41). The maximum Gasteiger partial charge on any atom is 0.270 e. The number of nitrogens with one attached hydrogen (secondary N) is 2. The fourth-order valence-electron chi connectivity index (χ4n) is 5.78. The number of aromatic hydroxyl groups is 1. The number of phenols is 1. The van der Waals surface area contributed by atoms with Gasteiger partial charge in [-0.2, -0.15) is 0 Å². The first kappa shape index (κ1) is 26.7. The van der Waals surface area contributed by atoms with Gasteiger partial charge in [-0.05, 0) is 110 Å². The number of phenolic OH excluding ortho intramolecular Hbond substituents is 1. The number of pyridine rings is 1. The number of rotatable bonds is 6. The zero-order valence-corrected chi connectivity index (χ0v) is 23.2. The summed E-state index contributed by atoms with van der Waals surface area (Å²) >= 11 is 0. The quantitative estimate of drug-likeness (QED) is 0.220. The highest BCUT2D eigenvalue weighted by Gasteiger charge is 2.24. The van der Waals surface area contributed by atoms with E-state index in [1.807, 2.05) is 43.3 Å². The van der Waals surface area contributed by atoms with Crippen LogP contribution in [0.4, 0.5) is 4.39 Å². The van der Waals surface area contributed by atoms with Crippen molar-refractivity contribution >= 4 is 16.8 Å². The Hall–Kier alpha value is -4.49. The number of carbonyl (C=O) groups excluding carboxylic acids is 1. The molecule has 1 unspecified atom stereocenters. The number of para-hydroxylation sites is 1. The molecule has 3 aromatic carbocycles. The summed E-state index contributed by atoms with van der Waals surface area (Å²) in [5.74, 6) is -0.474. The number of amides is 1. The molecule has 0 radical (unpaired) electrons. The number of benzene rings is 3. The van der Waals surface area contributed by atoms with Crippen LogP contribution in [0.2, 0.25) is 0 Å². The van der Waals surface area contributed by atoms with Gasteiger partial charge < -0.3 is 20.3 Å². The number of halogens is 1. The zero-order valence-electron chi connectivity index (χ0n) is 23.2. The van der Waals surface area contributed by atoms with E-state index in [1.165, 1.54) is 23.8 Å². The van der Waals surface area contributed by atoms with Crippen molar-refractivity contribution in [2.45, 2.75) is 31.7 Å². The van der Waals surface area contributed by atoms with Gasteiger partial charge in [-0.15, -0.1) is 0 Å². The Morgan fingerprint density at radius 3 is 2.51 bits per heavy atom. The van der Waals surface area contributed by atoms with Crippen molar-refractivity contribution in [2.24, 2.45) is 0 Å². The number of hydrogen-bond donors (Lipinski definition) is 3. The van der Waals surface area contributed by atoms with Gasteiger partial charge in [0.25, 0.3) is 5.91 Å². The minimum Gasteiger partial charge on any atom is -0.508 e. The van der Waals surface area contributed by atoms with Crippen LogP contribution in [0.25, 0.3) is 22.0 Å². The van der Waals surface area contributed by atoms with Crippen molar-refractivity contribution in [3.8, 4) is 16.9 Å². The van der Waals surface area contributed by atoms with Gasteiger partial charge in [-0.3, -0.25) is 4.79 Å². The number of H-pyrrole nitrogens is 1. The first-order chi connectivity index (χ1) is 19.8. The highest BCUT2D eigenvalue weighted by molar-refractivity contribution is 5.94. The van der Waals surface area contributed by atoms with E-state index in [2.05, 4.69) is 51.5 Å². The predicted octanol–water partition coefficient (Wildman–Crippen LogP) is 6.71. The molecule has 5 aromatic rings. The van der Waals surface area contributed by atoms with Gasteiger partial charge in [0.1, 0.15) is 17.3 Å². The molecule has 0 bridgehead atoms. The van der Waals surface area contributed by atoms with E-state index in [4.69, 9.17) is 0 Å². The van der Waals surface area contributed by atoms with Crippen LogP contribution < -0.4 is 5.32 Å². The normalized spacial score (nSPS) is 15.2. The van der Waals surface area contributed by atoms with E-state index >= 15 is 0 Å². The minimum absolute atomic E-state index is 0.113. The summed E-state index contributed by atoms with van der Waals surface area (Å²) in [5.41, 5.74) is 5.96. The number of aromatic nitrogens is 2. The second kappa shape index (κ2) is 11.2. The fraction of sp³-hybridized carbons (Fsp3) is 0.235. The van der Waals surface area contributed by atoms with Gasteiger partial charge in [-0.1, -0.05) is 42.5 Å². The van der Waals surface area contributed by atoms with E-state index in [1.54, 1.807) is 6.07 Å². The predicted molar refractivity (Wildman–Crippen MR) is 160 cm³/mol. The van der Waals surface area contributed by atoms with Gasteiger partial charge in [0, 0.05) is 22.5 Å². The molecule has 0 saturated carbocycles. The highest BCUT2D eigenvalue weighted by Crippen LogP contribution is 2.33. The Bertz CT molecular complexity index is 1670. The van der Waals surface area contributed by atoms with Crippen LogP contribution in [-0.2, 0) is 0 Å². The van der Waals surface area contributed by atoms with Crippen LogP contribution in [0.5, 0.6) is 5.75 Å². The molecular formula is C34H33FN4O2. The van der Waals surface area contributed by atoms with Gasteiger partial charge in [0.15, 0.2) is 0 Å². The summed E-state index contributed by atoms with van der Waals surface area (Å²) < 4.78 is 14.3. The fourth-order valence-corrected chi connectivity index (χ4v) is 5.78. The first-order valence-electron chi connectivity index (χ1n) is 14.0. The van der Waals surface area contributed by atoms with Crippen LogP contribution in [0, 0.1) is 12.7 Å². The van der Waals surface area contributed by atoms with Crippen molar-refractivity contribution in [2.75, 3.05) is 20.1 Å². The molecular weight excluding hydrogens is 515 g/mol. The van der Waals surface area contributed by atoms with Gasteiger partial charge >= 0.3 is 0 Å². The third-order valence-electron chi connectivity index (χ3n) is 8.06. The van der Waals surface area contributed by atoms with Gasteiger partial charge in [0.2, 0.25) is 0 Å². The third kappa shape index (κ3) is 5.72. The van der Waals surface area contributed by atoms with Crippen molar-refractivity contribution in [3.63, 3.8) is 0 Å². The monoisotopic (exact) mass is 548 g/mol. The lowest BCUT2D eigenvalue weighted by Gasteiger charge is -2.29. The summed E-state index contributed by atoms with van der Waals surface area (Å²) in [7, 11) is 2.17. The Morgan fingerprint density at radius 2 is 1.76 bits per heavy atom. The molecule has 41 heavy (non-hydrogen) atoms. The van der Waals surface area contributed by atoms with Crippen LogP contribution in [0.1, 0.15) is 57.8 Å². The molecule has 6 nitrogen and oxygen atoms in total. The Morgan fingerprint density at radius 1 is 1.00 bits per heavy atom. The average molecular weight is 549 g/mol. The molecule has 208 valence electrons. The maximum absolute atomic E-state index is 14.3. The van der Waals surface area contributed by atoms with Crippen molar-refractivity contribution in [1.29, 1.82) is 0 Å². The molecule has 3 heterocycles. The molecule has 1 saturated heterocycles. The van der Waals surface area contributed by atoms with E-state index in [-0.39, 0.29) is 17.0 Å². The largest absolute Gasteiger partial charge is 0.508 e. The average Bonchev–Trinajstić information content (AvgIpc) is 3.41. The number of carbonyl (C=O) groups is 1. The van der Waals surface area contributed by atoms with E-state index in [9.17, 15) is 14.3 Å². The number of piperidine rings is 1. The molecule has 1 aliphatic heterocycles. The van der Waals surface area contributed by atoms with Gasteiger partial charge in [-0.25, -0.2) is 9.37 Å². The molecule has 1 amide bonds. The summed E-state index contributed by atoms with van der Waals surface area (Å²) in [6.45, 7) is 4.09. The number of fused-ring (bicyclic) bond motifs is 1. The summed E-state index contributed by atoms with van der Waals surface area (Å²) in [4.78, 5) is 23.9. The molecule has 7 heteroatoms. The Labute approximate surface area is 238 Å². The minimum atomic E-state index is -0.829. The second-order valence-electron chi connectivity index (χ2n) is 11.0. The molecule has 1 fully saturated rings. The number of nitrogens with zero attached hydrogens (tertiary/aromatic N) is 2. The zero-order chi connectivity index (χ0) is 28.5. The van der Waals surface area contributed by atoms with Crippen molar-refractivity contribution in [3.05, 3.63) is 119 Å². The van der Waals surface area contributed by atoms with Crippen LogP contribution in [0.3, 0.4) is 0 Å². The van der Waals surface area contributed by atoms with Crippen LogP contribution in [-0.4, -0.2) is 46.0 Å². The molecule has 1 aliphatic rings. The maximum atomic E-state index is 14.3. The van der Waals surface area contributed by atoms with Gasteiger partial charge in [0.05, 0.1) is 6.04 Å². The molecule has 3 N–H and O–H groups in total. The van der Waals surface area contributed by atoms with E-state index < -0.39 is 17.8 Å².